The second-order valence-electron chi connectivity index (χ2n) is 8.84. The summed E-state index contributed by atoms with van der Waals surface area (Å²) in [5, 5.41) is 14.9. The van der Waals surface area contributed by atoms with Crippen LogP contribution in [0.3, 0.4) is 0 Å². The van der Waals surface area contributed by atoms with E-state index in [1.165, 1.54) is 6.20 Å². The second kappa shape index (κ2) is 11.0. The summed E-state index contributed by atoms with van der Waals surface area (Å²) in [6, 6.07) is 4.63. The molecule has 0 aliphatic carbocycles. The maximum absolute atomic E-state index is 12.9. The highest BCUT2D eigenvalue weighted by molar-refractivity contribution is 6.17. The Morgan fingerprint density at radius 1 is 1.20 bits per heavy atom. The summed E-state index contributed by atoms with van der Waals surface area (Å²) < 4.78 is 38.7. The van der Waals surface area contributed by atoms with Crippen molar-refractivity contribution in [1.82, 2.24) is 9.97 Å². The van der Waals surface area contributed by atoms with E-state index >= 15 is 0 Å². The summed E-state index contributed by atoms with van der Waals surface area (Å²) in [4.78, 5) is 11.6. The molecule has 8 heteroatoms. The van der Waals surface area contributed by atoms with E-state index in [0.29, 0.717) is 29.4 Å². The van der Waals surface area contributed by atoms with Crippen molar-refractivity contribution in [2.45, 2.75) is 71.1 Å². The van der Waals surface area contributed by atoms with Gasteiger partial charge in [-0.15, -0.1) is 6.58 Å². The minimum atomic E-state index is -4.78. The number of aryl methyl sites for hydroxylation is 2. The van der Waals surface area contributed by atoms with Crippen molar-refractivity contribution < 1.29 is 13.2 Å². The van der Waals surface area contributed by atoms with Gasteiger partial charge in [-0.2, -0.15) is 13.2 Å². The Morgan fingerprint density at radius 3 is 2.54 bits per heavy atom. The number of allylic oxidation sites excluding steroid dienone is 2. The fourth-order valence-corrected chi connectivity index (χ4v) is 4.57. The summed E-state index contributed by atoms with van der Waals surface area (Å²) in [7, 11) is 0. The van der Waals surface area contributed by atoms with E-state index in [1.807, 2.05) is 13.0 Å². The largest absolute Gasteiger partial charge is 0.432 e. The molecule has 35 heavy (non-hydrogen) atoms. The van der Waals surface area contributed by atoms with Gasteiger partial charge in [0, 0.05) is 58.6 Å². The molecule has 2 N–H and O–H groups in total. The maximum atomic E-state index is 12.9. The van der Waals surface area contributed by atoms with Crippen LogP contribution in [0.25, 0.3) is 16.7 Å². The standard InChI is InChI=1S/C27H32F3N5/c1-5-8-22-13-21(7-3)35(22)25-11-20(16-34-24(25)9-6-2)23-10-19(15-33-17(23)4)18(14-31)12-26(32)27(28,29)30/h5,10-12,14-16,21-22,31-32H,1,6-9,13H2,2-4H3/b18-12+,31-14?,32-26?. The van der Waals surface area contributed by atoms with Crippen molar-refractivity contribution in [1.29, 1.82) is 10.8 Å². The molecule has 2 atom stereocenters. The van der Waals surface area contributed by atoms with Crippen LogP contribution in [0.4, 0.5) is 18.9 Å². The number of aromatic nitrogens is 2. The van der Waals surface area contributed by atoms with E-state index in [-0.39, 0.29) is 5.57 Å². The third-order valence-electron chi connectivity index (χ3n) is 6.45. The molecule has 3 rings (SSSR count). The fraction of sp³-hybridized carbons (Fsp3) is 0.407. The molecule has 0 amide bonds. The minimum Gasteiger partial charge on any atom is -0.364 e. The van der Waals surface area contributed by atoms with Crippen molar-refractivity contribution >= 4 is 23.2 Å². The van der Waals surface area contributed by atoms with Gasteiger partial charge >= 0.3 is 6.18 Å². The number of nitrogens with zero attached hydrogens (tertiary/aromatic N) is 3. The van der Waals surface area contributed by atoms with Gasteiger partial charge in [0.2, 0.25) is 0 Å². The van der Waals surface area contributed by atoms with Crippen molar-refractivity contribution in [2.24, 2.45) is 0 Å². The van der Waals surface area contributed by atoms with Gasteiger partial charge in [0.1, 0.15) is 5.71 Å². The van der Waals surface area contributed by atoms with Crippen LogP contribution in [0.15, 0.2) is 43.3 Å². The van der Waals surface area contributed by atoms with E-state index in [0.717, 1.165) is 60.8 Å². The average Bonchev–Trinajstić information content (AvgIpc) is 2.80. The first kappa shape index (κ1) is 26.3. The molecule has 1 aliphatic heterocycles. The summed E-state index contributed by atoms with van der Waals surface area (Å²) in [6.07, 6.45) is 6.69. The van der Waals surface area contributed by atoms with Gasteiger partial charge in [-0.3, -0.25) is 15.4 Å². The monoisotopic (exact) mass is 483 g/mol. The number of nitrogens with one attached hydrogen (secondary N) is 2. The first-order valence-electron chi connectivity index (χ1n) is 11.9. The Hall–Kier alpha value is -3.29. The molecule has 1 fully saturated rings. The Labute approximate surface area is 204 Å². The summed E-state index contributed by atoms with van der Waals surface area (Å²) in [6.45, 7) is 10.0. The van der Waals surface area contributed by atoms with Gasteiger partial charge in [0.05, 0.1) is 11.4 Å². The first-order valence-corrected chi connectivity index (χ1v) is 11.9. The minimum absolute atomic E-state index is 0.0308. The maximum Gasteiger partial charge on any atom is 0.432 e. The number of hydrogen-bond donors (Lipinski definition) is 2. The zero-order chi connectivity index (χ0) is 25.8. The molecule has 1 aliphatic rings. The van der Waals surface area contributed by atoms with Gasteiger partial charge in [-0.05, 0) is 50.8 Å². The lowest BCUT2D eigenvalue weighted by molar-refractivity contribution is -0.0583. The molecule has 0 bridgehead atoms. The molecule has 1 saturated heterocycles. The topological polar surface area (TPSA) is 76.7 Å². The predicted octanol–water partition coefficient (Wildman–Crippen LogP) is 6.95. The zero-order valence-corrected chi connectivity index (χ0v) is 20.4. The highest BCUT2D eigenvalue weighted by Crippen LogP contribution is 2.40. The average molecular weight is 484 g/mol. The lowest BCUT2D eigenvalue weighted by Gasteiger charge is -2.51. The summed E-state index contributed by atoms with van der Waals surface area (Å²) >= 11 is 0. The van der Waals surface area contributed by atoms with E-state index in [1.54, 1.807) is 12.3 Å². The Morgan fingerprint density at radius 2 is 1.94 bits per heavy atom. The smallest absolute Gasteiger partial charge is 0.364 e. The Balaban J connectivity index is 2.09. The number of alkyl halides is 3. The summed E-state index contributed by atoms with van der Waals surface area (Å²) in [5.74, 6) is 0. The van der Waals surface area contributed by atoms with Gasteiger partial charge in [-0.1, -0.05) is 26.3 Å². The normalized spacial score (nSPS) is 18.2. The number of hydrogen-bond acceptors (Lipinski definition) is 5. The van der Waals surface area contributed by atoms with Crippen LogP contribution < -0.4 is 4.90 Å². The van der Waals surface area contributed by atoms with Crippen LogP contribution in [0.5, 0.6) is 0 Å². The van der Waals surface area contributed by atoms with Crippen LogP contribution in [0.2, 0.25) is 0 Å². The van der Waals surface area contributed by atoms with E-state index < -0.39 is 11.9 Å². The van der Waals surface area contributed by atoms with E-state index in [9.17, 15) is 13.2 Å². The quantitative estimate of drug-likeness (QED) is 0.283. The number of anilines is 1. The molecule has 0 radical (unpaired) electrons. The van der Waals surface area contributed by atoms with Crippen molar-refractivity contribution in [3.8, 4) is 11.1 Å². The van der Waals surface area contributed by atoms with Gasteiger partial charge in [-0.25, -0.2) is 0 Å². The second-order valence-corrected chi connectivity index (χ2v) is 8.84. The SMILES string of the molecule is C=CCC1CC(CC)N1c1cc(-c2cc(/C(C=N)=C/C(=N)C(F)(F)F)cnc2C)cnc1CCC. The van der Waals surface area contributed by atoms with Gasteiger partial charge in [0.25, 0.3) is 0 Å². The molecule has 0 saturated carbocycles. The third-order valence-corrected chi connectivity index (χ3v) is 6.45. The van der Waals surface area contributed by atoms with Crippen LogP contribution in [-0.4, -0.2) is 40.2 Å². The number of rotatable bonds is 10. The molecule has 0 spiro atoms. The molecular weight excluding hydrogens is 451 g/mol. The van der Waals surface area contributed by atoms with Gasteiger partial charge < -0.3 is 10.3 Å². The van der Waals surface area contributed by atoms with Crippen LogP contribution >= 0.6 is 0 Å². The third kappa shape index (κ3) is 5.69. The molecule has 3 heterocycles. The zero-order valence-electron chi connectivity index (χ0n) is 20.4. The molecule has 2 aromatic rings. The molecule has 2 unspecified atom stereocenters. The molecule has 186 valence electrons. The lowest BCUT2D eigenvalue weighted by atomic mass is 9.87. The Kier molecular flexibility index (Phi) is 8.25. The highest BCUT2D eigenvalue weighted by Gasteiger charge is 2.37. The fourth-order valence-electron chi connectivity index (χ4n) is 4.57. The molecule has 5 nitrogen and oxygen atoms in total. The molecular formula is C27H32F3N5. The van der Waals surface area contributed by atoms with E-state index in [4.69, 9.17) is 15.8 Å². The van der Waals surface area contributed by atoms with Crippen LogP contribution in [0.1, 0.15) is 56.5 Å². The van der Waals surface area contributed by atoms with Crippen molar-refractivity contribution in [3.05, 3.63) is 60.2 Å². The number of halogens is 3. The number of pyridine rings is 2. The van der Waals surface area contributed by atoms with Crippen molar-refractivity contribution in [2.75, 3.05) is 4.90 Å². The van der Waals surface area contributed by atoms with Crippen LogP contribution in [0, 0.1) is 17.7 Å². The van der Waals surface area contributed by atoms with E-state index in [2.05, 4.69) is 36.4 Å². The summed E-state index contributed by atoms with van der Waals surface area (Å²) in [5.41, 5.74) is 3.18. The molecule has 2 aromatic heterocycles. The van der Waals surface area contributed by atoms with Gasteiger partial charge in [0.15, 0.2) is 0 Å². The molecule has 0 aromatic carbocycles. The highest BCUT2D eigenvalue weighted by atomic mass is 19.4. The first-order chi connectivity index (χ1) is 16.6. The predicted molar refractivity (Wildman–Crippen MR) is 137 cm³/mol. The van der Waals surface area contributed by atoms with Crippen LogP contribution in [-0.2, 0) is 6.42 Å². The Bertz CT molecular complexity index is 1140. The van der Waals surface area contributed by atoms with Crippen molar-refractivity contribution in [3.63, 3.8) is 0 Å². The lowest BCUT2D eigenvalue weighted by Crippen LogP contribution is -2.56.